The SMILES string of the molecule is CC(C)OC(=O)C(CC(=O)O)C(C)C. The highest BCUT2D eigenvalue weighted by Gasteiger charge is 2.26. The zero-order valence-corrected chi connectivity index (χ0v) is 9.11. The van der Waals surface area contributed by atoms with Crippen LogP contribution in [0, 0.1) is 11.8 Å². The number of hydrogen-bond donors (Lipinski definition) is 1. The fraction of sp³-hybridized carbons (Fsp3) is 0.800. The lowest BCUT2D eigenvalue weighted by Crippen LogP contribution is -2.27. The molecule has 0 radical (unpaired) electrons. The van der Waals surface area contributed by atoms with E-state index in [9.17, 15) is 9.59 Å². The molecule has 1 atom stereocenters. The highest BCUT2D eigenvalue weighted by atomic mass is 16.5. The van der Waals surface area contributed by atoms with Crippen molar-refractivity contribution in [2.24, 2.45) is 11.8 Å². The molecule has 4 nitrogen and oxygen atoms in total. The van der Waals surface area contributed by atoms with Crippen molar-refractivity contribution in [2.45, 2.75) is 40.2 Å². The minimum Gasteiger partial charge on any atom is -0.481 e. The molecule has 0 aliphatic heterocycles. The fourth-order valence-corrected chi connectivity index (χ4v) is 1.10. The van der Waals surface area contributed by atoms with Crippen molar-refractivity contribution in [3.05, 3.63) is 0 Å². The van der Waals surface area contributed by atoms with E-state index in [0.717, 1.165) is 0 Å². The normalized spacial score (nSPS) is 13.0. The lowest BCUT2D eigenvalue weighted by atomic mass is 9.93. The third-order valence-corrected chi connectivity index (χ3v) is 1.85. The van der Waals surface area contributed by atoms with Crippen molar-refractivity contribution in [1.29, 1.82) is 0 Å². The predicted molar refractivity (Wildman–Crippen MR) is 51.8 cm³/mol. The summed E-state index contributed by atoms with van der Waals surface area (Å²) < 4.78 is 4.97. The number of rotatable bonds is 5. The lowest BCUT2D eigenvalue weighted by Gasteiger charge is -2.18. The standard InChI is InChI=1S/C10H18O4/c1-6(2)8(5-9(11)12)10(13)14-7(3)4/h6-8H,5H2,1-4H3,(H,11,12). The van der Waals surface area contributed by atoms with Crippen molar-refractivity contribution in [3.8, 4) is 0 Å². The van der Waals surface area contributed by atoms with Crippen molar-refractivity contribution >= 4 is 11.9 Å². The van der Waals surface area contributed by atoms with E-state index in [1.807, 2.05) is 13.8 Å². The summed E-state index contributed by atoms with van der Waals surface area (Å²) in [5.74, 6) is -1.95. The van der Waals surface area contributed by atoms with Gasteiger partial charge in [0.05, 0.1) is 18.4 Å². The largest absolute Gasteiger partial charge is 0.481 e. The molecule has 82 valence electrons. The first kappa shape index (κ1) is 12.9. The first-order valence-corrected chi connectivity index (χ1v) is 4.76. The first-order valence-electron chi connectivity index (χ1n) is 4.76. The predicted octanol–water partition coefficient (Wildman–Crippen LogP) is 1.68. The van der Waals surface area contributed by atoms with Gasteiger partial charge in [-0.05, 0) is 19.8 Å². The highest BCUT2D eigenvalue weighted by Crippen LogP contribution is 2.17. The topological polar surface area (TPSA) is 63.6 Å². The average Bonchev–Trinajstić information content (AvgIpc) is 1.97. The smallest absolute Gasteiger partial charge is 0.310 e. The number of hydrogen-bond acceptors (Lipinski definition) is 3. The summed E-state index contributed by atoms with van der Waals surface area (Å²) in [6.45, 7) is 7.12. The number of carbonyl (C=O) groups is 2. The van der Waals surface area contributed by atoms with Gasteiger partial charge < -0.3 is 9.84 Å². The van der Waals surface area contributed by atoms with Crippen LogP contribution in [-0.4, -0.2) is 23.1 Å². The van der Waals surface area contributed by atoms with Gasteiger partial charge in [0.25, 0.3) is 0 Å². The molecule has 14 heavy (non-hydrogen) atoms. The molecule has 0 fully saturated rings. The third kappa shape index (κ3) is 4.84. The van der Waals surface area contributed by atoms with Crippen LogP contribution in [-0.2, 0) is 14.3 Å². The molecule has 0 heterocycles. The second-order valence-electron chi connectivity index (χ2n) is 3.93. The Balaban J connectivity index is 4.33. The van der Waals surface area contributed by atoms with Gasteiger partial charge in [0.15, 0.2) is 0 Å². The van der Waals surface area contributed by atoms with E-state index < -0.39 is 17.9 Å². The molecule has 0 saturated heterocycles. The van der Waals surface area contributed by atoms with Crippen LogP contribution in [0.25, 0.3) is 0 Å². The summed E-state index contributed by atoms with van der Waals surface area (Å²) in [6, 6.07) is 0. The Hall–Kier alpha value is -1.06. The van der Waals surface area contributed by atoms with Gasteiger partial charge in [-0.1, -0.05) is 13.8 Å². The Kier molecular flexibility index (Phi) is 5.20. The molecule has 0 aromatic rings. The van der Waals surface area contributed by atoms with Gasteiger partial charge in [-0.25, -0.2) is 0 Å². The van der Waals surface area contributed by atoms with Crippen LogP contribution in [0.1, 0.15) is 34.1 Å². The molecule has 4 heteroatoms. The fourth-order valence-electron chi connectivity index (χ4n) is 1.10. The molecule has 0 bridgehead atoms. The van der Waals surface area contributed by atoms with Gasteiger partial charge in [-0.3, -0.25) is 9.59 Å². The number of carboxylic acids is 1. The van der Waals surface area contributed by atoms with Crippen molar-refractivity contribution in [2.75, 3.05) is 0 Å². The lowest BCUT2D eigenvalue weighted by molar-refractivity contribution is -0.158. The van der Waals surface area contributed by atoms with E-state index >= 15 is 0 Å². The second-order valence-corrected chi connectivity index (χ2v) is 3.93. The molecule has 0 rings (SSSR count). The molecular formula is C10H18O4. The molecule has 0 aromatic heterocycles. The first-order chi connectivity index (χ1) is 6.34. The summed E-state index contributed by atoms with van der Waals surface area (Å²) in [5, 5.41) is 8.61. The summed E-state index contributed by atoms with van der Waals surface area (Å²) in [5.41, 5.74) is 0. The van der Waals surface area contributed by atoms with Gasteiger partial charge in [0.1, 0.15) is 0 Å². The Morgan fingerprint density at radius 1 is 1.21 bits per heavy atom. The molecule has 1 N–H and O–H groups in total. The number of aliphatic carboxylic acids is 1. The van der Waals surface area contributed by atoms with Gasteiger partial charge in [0, 0.05) is 0 Å². The highest BCUT2D eigenvalue weighted by molar-refractivity contribution is 5.79. The van der Waals surface area contributed by atoms with Crippen molar-refractivity contribution in [1.82, 2.24) is 0 Å². The minimum atomic E-state index is -0.968. The number of carbonyl (C=O) groups excluding carboxylic acids is 1. The minimum absolute atomic E-state index is 0.0163. The number of esters is 1. The second kappa shape index (κ2) is 5.62. The van der Waals surface area contributed by atoms with Crippen LogP contribution >= 0.6 is 0 Å². The van der Waals surface area contributed by atoms with Crippen molar-refractivity contribution < 1.29 is 19.4 Å². The maximum absolute atomic E-state index is 11.4. The van der Waals surface area contributed by atoms with E-state index in [0.29, 0.717) is 0 Å². The maximum Gasteiger partial charge on any atom is 0.310 e. The number of carboxylic acid groups (broad SMARTS) is 1. The van der Waals surface area contributed by atoms with Crippen LogP contribution in [0.2, 0.25) is 0 Å². The van der Waals surface area contributed by atoms with Crippen LogP contribution in [0.4, 0.5) is 0 Å². The molecular weight excluding hydrogens is 184 g/mol. The monoisotopic (exact) mass is 202 g/mol. The Morgan fingerprint density at radius 3 is 2.00 bits per heavy atom. The molecule has 0 aliphatic rings. The van der Waals surface area contributed by atoms with E-state index in [-0.39, 0.29) is 18.4 Å². The maximum atomic E-state index is 11.4. The quantitative estimate of drug-likeness (QED) is 0.689. The van der Waals surface area contributed by atoms with Crippen LogP contribution in [0.3, 0.4) is 0 Å². The zero-order valence-electron chi connectivity index (χ0n) is 9.11. The van der Waals surface area contributed by atoms with E-state index in [4.69, 9.17) is 9.84 Å². The zero-order chi connectivity index (χ0) is 11.3. The molecule has 1 unspecified atom stereocenters. The van der Waals surface area contributed by atoms with Gasteiger partial charge in [-0.2, -0.15) is 0 Å². The van der Waals surface area contributed by atoms with Gasteiger partial charge in [-0.15, -0.1) is 0 Å². The van der Waals surface area contributed by atoms with Gasteiger partial charge in [0.2, 0.25) is 0 Å². The Labute approximate surface area is 84.3 Å². The van der Waals surface area contributed by atoms with Crippen LogP contribution in [0.15, 0.2) is 0 Å². The summed E-state index contributed by atoms with van der Waals surface area (Å²) in [7, 11) is 0. The summed E-state index contributed by atoms with van der Waals surface area (Å²) in [6.07, 6.45) is -0.360. The molecule has 0 spiro atoms. The third-order valence-electron chi connectivity index (χ3n) is 1.85. The van der Waals surface area contributed by atoms with E-state index in [1.165, 1.54) is 0 Å². The molecule has 0 aliphatic carbocycles. The Morgan fingerprint density at radius 2 is 1.71 bits per heavy atom. The Bertz CT molecular complexity index is 208. The van der Waals surface area contributed by atoms with Gasteiger partial charge >= 0.3 is 11.9 Å². The molecule has 0 saturated carbocycles. The molecule has 0 amide bonds. The summed E-state index contributed by atoms with van der Waals surface area (Å²) >= 11 is 0. The summed E-state index contributed by atoms with van der Waals surface area (Å²) in [4.78, 5) is 21.9. The van der Waals surface area contributed by atoms with E-state index in [2.05, 4.69) is 0 Å². The van der Waals surface area contributed by atoms with E-state index in [1.54, 1.807) is 13.8 Å². The average molecular weight is 202 g/mol. The van der Waals surface area contributed by atoms with Crippen LogP contribution < -0.4 is 0 Å². The van der Waals surface area contributed by atoms with Crippen molar-refractivity contribution in [3.63, 3.8) is 0 Å². The number of ether oxygens (including phenoxy) is 1. The molecule has 0 aromatic carbocycles. The van der Waals surface area contributed by atoms with Crippen LogP contribution in [0.5, 0.6) is 0 Å².